The molecule has 0 spiro atoms. The first-order chi connectivity index (χ1) is 13.4. The first-order valence-corrected chi connectivity index (χ1v) is 10.9. The van der Waals surface area contributed by atoms with Crippen molar-refractivity contribution >= 4 is 51.5 Å². The van der Waals surface area contributed by atoms with E-state index in [1.54, 1.807) is 26.4 Å². The van der Waals surface area contributed by atoms with Crippen molar-refractivity contribution in [3.05, 3.63) is 29.5 Å². The predicted molar refractivity (Wildman–Crippen MR) is 111 cm³/mol. The highest BCUT2D eigenvalue weighted by molar-refractivity contribution is 8.00. The standard InChI is InChI=1S/C18H20ClN3O4S2/c1-25-11-5-4-10(12(8-11)26-2)9-20-14(23)13-15(28-17(21-13)27-3)22-16(24)18(19)6-7-18/h4-5,8H,6-7,9H2,1-3H3,(H,20,23)(H,22,24). The third-order valence-corrected chi connectivity index (χ3v) is 6.76. The van der Waals surface area contributed by atoms with E-state index in [0.717, 1.165) is 5.56 Å². The van der Waals surface area contributed by atoms with Gasteiger partial charge in [0.05, 0.1) is 14.2 Å². The molecule has 1 aliphatic carbocycles. The van der Waals surface area contributed by atoms with E-state index in [1.165, 1.54) is 23.1 Å². The minimum Gasteiger partial charge on any atom is -0.497 e. The molecule has 0 radical (unpaired) electrons. The van der Waals surface area contributed by atoms with Crippen molar-refractivity contribution in [2.75, 3.05) is 25.8 Å². The summed E-state index contributed by atoms with van der Waals surface area (Å²) in [7, 11) is 3.13. The Morgan fingerprint density at radius 2 is 2.07 bits per heavy atom. The summed E-state index contributed by atoms with van der Waals surface area (Å²) < 4.78 is 11.2. The van der Waals surface area contributed by atoms with Gasteiger partial charge in [-0.05, 0) is 31.2 Å². The number of nitrogens with one attached hydrogen (secondary N) is 2. The molecule has 0 saturated heterocycles. The number of anilines is 1. The number of benzene rings is 1. The largest absolute Gasteiger partial charge is 0.497 e. The molecule has 1 saturated carbocycles. The number of alkyl halides is 1. The Bertz CT molecular complexity index is 899. The van der Waals surface area contributed by atoms with Crippen molar-refractivity contribution in [2.45, 2.75) is 28.6 Å². The van der Waals surface area contributed by atoms with Crippen molar-refractivity contribution in [3.8, 4) is 11.5 Å². The summed E-state index contributed by atoms with van der Waals surface area (Å²) in [6, 6.07) is 5.36. The maximum Gasteiger partial charge on any atom is 0.273 e. The smallest absolute Gasteiger partial charge is 0.273 e. The summed E-state index contributed by atoms with van der Waals surface area (Å²) in [5, 5.41) is 5.98. The van der Waals surface area contributed by atoms with Crippen molar-refractivity contribution in [1.82, 2.24) is 10.3 Å². The van der Waals surface area contributed by atoms with E-state index in [2.05, 4.69) is 15.6 Å². The van der Waals surface area contributed by atoms with Crippen LogP contribution in [0.3, 0.4) is 0 Å². The van der Waals surface area contributed by atoms with Gasteiger partial charge in [0.25, 0.3) is 5.91 Å². The van der Waals surface area contributed by atoms with E-state index in [0.29, 0.717) is 33.7 Å². The van der Waals surface area contributed by atoms with Gasteiger partial charge in [-0.2, -0.15) is 0 Å². The molecule has 0 atom stereocenters. The van der Waals surface area contributed by atoms with Crippen LogP contribution in [0.15, 0.2) is 22.5 Å². The van der Waals surface area contributed by atoms with Crippen LogP contribution in [0.2, 0.25) is 0 Å². The van der Waals surface area contributed by atoms with Crippen molar-refractivity contribution in [2.24, 2.45) is 0 Å². The number of hydrogen-bond donors (Lipinski definition) is 2. The van der Waals surface area contributed by atoms with Crippen molar-refractivity contribution in [1.29, 1.82) is 0 Å². The number of rotatable bonds is 8. The highest BCUT2D eigenvalue weighted by Crippen LogP contribution is 2.44. The summed E-state index contributed by atoms with van der Waals surface area (Å²) in [6.45, 7) is 0.241. The van der Waals surface area contributed by atoms with Crippen LogP contribution in [0.25, 0.3) is 0 Å². The number of halogens is 1. The molecule has 0 aliphatic heterocycles. The van der Waals surface area contributed by atoms with Gasteiger partial charge in [0.1, 0.15) is 21.4 Å². The summed E-state index contributed by atoms with van der Waals surface area (Å²) in [4.78, 5) is 28.4. The molecule has 1 aromatic heterocycles. The van der Waals surface area contributed by atoms with Crippen LogP contribution in [-0.2, 0) is 11.3 Å². The van der Waals surface area contributed by atoms with Gasteiger partial charge < -0.3 is 20.1 Å². The van der Waals surface area contributed by atoms with Crippen LogP contribution in [0.5, 0.6) is 11.5 Å². The molecule has 10 heteroatoms. The predicted octanol–water partition coefficient (Wildman–Crippen LogP) is 3.52. The quantitative estimate of drug-likeness (QED) is 0.481. The fraction of sp³-hybridized carbons (Fsp3) is 0.389. The Hall–Kier alpha value is -1.97. The average Bonchev–Trinajstić information content (AvgIpc) is 3.33. The zero-order valence-electron chi connectivity index (χ0n) is 15.6. The van der Waals surface area contributed by atoms with E-state index < -0.39 is 4.87 Å². The molecule has 0 unspecified atom stereocenters. The number of amides is 2. The first kappa shape index (κ1) is 20.8. The molecule has 1 aromatic carbocycles. The van der Waals surface area contributed by atoms with Crippen LogP contribution in [0, 0.1) is 0 Å². The SMILES string of the molecule is COc1ccc(CNC(=O)c2nc(SC)sc2NC(=O)C2(Cl)CC2)c(OC)c1. The third-order valence-electron chi connectivity index (χ3n) is 4.25. The van der Waals surface area contributed by atoms with Gasteiger partial charge in [-0.25, -0.2) is 4.98 Å². The van der Waals surface area contributed by atoms with Crippen molar-refractivity contribution < 1.29 is 19.1 Å². The Labute approximate surface area is 176 Å². The third kappa shape index (κ3) is 4.53. The maximum atomic E-state index is 12.7. The van der Waals surface area contributed by atoms with Gasteiger partial charge in [0.2, 0.25) is 5.91 Å². The molecule has 2 N–H and O–H groups in total. The van der Waals surface area contributed by atoms with Gasteiger partial charge in [-0.15, -0.1) is 11.6 Å². The second-order valence-electron chi connectivity index (χ2n) is 6.14. The van der Waals surface area contributed by atoms with E-state index in [-0.39, 0.29) is 24.1 Å². The molecule has 1 heterocycles. The lowest BCUT2D eigenvalue weighted by molar-refractivity contribution is -0.116. The van der Waals surface area contributed by atoms with Crippen LogP contribution >= 0.6 is 34.7 Å². The van der Waals surface area contributed by atoms with Crippen LogP contribution in [0.1, 0.15) is 28.9 Å². The van der Waals surface area contributed by atoms with Gasteiger partial charge in [0.15, 0.2) is 10.0 Å². The maximum absolute atomic E-state index is 12.7. The van der Waals surface area contributed by atoms with Crippen LogP contribution in [0.4, 0.5) is 5.00 Å². The van der Waals surface area contributed by atoms with Gasteiger partial charge in [-0.3, -0.25) is 9.59 Å². The first-order valence-electron chi connectivity index (χ1n) is 8.44. The number of thioether (sulfide) groups is 1. The van der Waals surface area contributed by atoms with E-state index >= 15 is 0 Å². The molecular weight excluding hydrogens is 422 g/mol. The fourth-order valence-electron chi connectivity index (χ4n) is 2.44. The summed E-state index contributed by atoms with van der Waals surface area (Å²) in [5.41, 5.74) is 0.969. The summed E-state index contributed by atoms with van der Waals surface area (Å²) in [5.74, 6) is 0.589. The molecule has 0 bridgehead atoms. The molecule has 2 amide bonds. The number of thiazole rings is 1. The molecule has 3 rings (SSSR count). The Morgan fingerprint density at radius 3 is 2.68 bits per heavy atom. The zero-order valence-corrected chi connectivity index (χ0v) is 18.0. The molecule has 28 heavy (non-hydrogen) atoms. The number of methoxy groups -OCH3 is 2. The van der Waals surface area contributed by atoms with E-state index in [4.69, 9.17) is 21.1 Å². The van der Waals surface area contributed by atoms with Gasteiger partial charge >= 0.3 is 0 Å². The minimum absolute atomic E-state index is 0.177. The Balaban J connectivity index is 1.73. The fourth-order valence-corrected chi connectivity index (χ4v) is 4.03. The minimum atomic E-state index is -0.853. The molecule has 7 nitrogen and oxygen atoms in total. The van der Waals surface area contributed by atoms with Gasteiger partial charge in [-0.1, -0.05) is 23.1 Å². The van der Waals surface area contributed by atoms with E-state index in [9.17, 15) is 9.59 Å². The summed E-state index contributed by atoms with van der Waals surface area (Å²) in [6.07, 6.45) is 3.12. The van der Waals surface area contributed by atoms with Crippen LogP contribution in [-0.4, -0.2) is 42.1 Å². The number of aromatic nitrogens is 1. The molecule has 1 aliphatic rings. The lowest BCUT2D eigenvalue weighted by Crippen LogP contribution is -2.28. The van der Waals surface area contributed by atoms with E-state index in [1.807, 2.05) is 12.3 Å². The van der Waals surface area contributed by atoms with Gasteiger partial charge in [0, 0.05) is 18.2 Å². The topological polar surface area (TPSA) is 89.5 Å². The second kappa shape index (κ2) is 8.59. The second-order valence-corrected chi connectivity index (χ2v) is 8.92. The number of carbonyl (C=O) groups is 2. The Morgan fingerprint density at radius 1 is 1.32 bits per heavy atom. The monoisotopic (exact) mass is 441 g/mol. The lowest BCUT2D eigenvalue weighted by Gasteiger charge is -2.12. The molecule has 1 fully saturated rings. The number of ether oxygens (including phenoxy) is 2. The summed E-state index contributed by atoms with van der Waals surface area (Å²) >= 11 is 8.82. The molecule has 150 valence electrons. The number of nitrogens with zero attached hydrogens (tertiary/aromatic N) is 1. The highest BCUT2D eigenvalue weighted by atomic mass is 35.5. The van der Waals surface area contributed by atoms with Crippen molar-refractivity contribution in [3.63, 3.8) is 0 Å². The molecular formula is C18H20ClN3O4S2. The number of carbonyl (C=O) groups excluding carboxylic acids is 2. The Kier molecular flexibility index (Phi) is 6.36. The number of hydrogen-bond acceptors (Lipinski definition) is 7. The van der Waals surface area contributed by atoms with Crippen LogP contribution < -0.4 is 20.1 Å². The highest BCUT2D eigenvalue weighted by Gasteiger charge is 2.48. The zero-order chi connectivity index (χ0) is 20.3. The normalized spacial score (nSPS) is 14.3. The average molecular weight is 442 g/mol. The lowest BCUT2D eigenvalue weighted by atomic mass is 10.2. The molecule has 2 aromatic rings.